The molecule has 26 heavy (non-hydrogen) atoms. The van der Waals surface area contributed by atoms with Gasteiger partial charge in [-0.15, -0.1) is 0 Å². The van der Waals surface area contributed by atoms with Gasteiger partial charge in [0.05, 0.1) is 18.1 Å². The summed E-state index contributed by atoms with van der Waals surface area (Å²) in [7, 11) is 0. The summed E-state index contributed by atoms with van der Waals surface area (Å²) in [5, 5.41) is 18.4. The van der Waals surface area contributed by atoms with Crippen molar-refractivity contribution in [3.63, 3.8) is 0 Å². The SMILES string of the molecule is CCOC(=O)C1=C(C)OC(N)=C(C#N)C1c1cc(Br)ccc1OCC#N. The smallest absolute Gasteiger partial charge is 0.338 e. The molecule has 1 aliphatic rings. The van der Waals surface area contributed by atoms with E-state index in [-0.39, 0.29) is 36.0 Å². The highest BCUT2D eigenvalue weighted by atomic mass is 79.9. The molecule has 2 N–H and O–H groups in total. The molecule has 1 unspecified atom stereocenters. The minimum absolute atomic E-state index is 0.0681. The molecule has 0 aromatic heterocycles. The van der Waals surface area contributed by atoms with Crippen molar-refractivity contribution in [1.29, 1.82) is 10.5 Å². The summed E-state index contributed by atoms with van der Waals surface area (Å²) in [5.74, 6) is -0.928. The number of benzene rings is 1. The maximum absolute atomic E-state index is 12.5. The highest BCUT2D eigenvalue weighted by molar-refractivity contribution is 9.10. The topological polar surface area (TPSA) is 118 Å². The number of esters is 1. The number of hydrogen-bond donors (Lipinski definition) is 1. The van der Waals surface area contributed by atoms with Crippen LogP contribution in [0.5, 0.6) is 5.75 Å². The molecule has 0 amide bonds. The summed E-state index contributed by atoms with van der Waals surface area (Å²) in [6, 6.07) is 8.99. The monoisotopic (exact) mass is 417 g/mol. The van der Waals surface area contributed by atoms with Crippen molar-refractivity contribution >= 4 is 21.9 Å². The number of ether oxygens (including phenoxy) is 3. The highest BCUT2D eigenvalue weighted by Gasteiger charge is 2.38. The Labute approximate surface area is 159 Å². The number of hydrogen-bond acceptors (Lipinski definition) is 7. The quantitative estimate of drug-likeness (QED) is 0.731. The van der Waals surface area contributed by atoms with Crippen molar-refractivity contribution in [2.24, 2.45) is 5.73 Å². The van der Waals surface area contributed by atoms with E-state index in [0.29, 0.717) is 15.8 Å². The first kappa shape index (κ1) is 19.4. The lowest BCUT2D eigenvalue weighted by atomic mass is 9.82. The zero-order valence-electron chi connectivity index (χ0n) is 14.2. The Bertz CT molecular complexity index is 877. The molecule has 0 saturated carbocycles. The summed E-state index contributed by atoms with van der Waals surface area (Å²) < 4.78 is 16.7. The molecule has 1 aliphatic heterocycles. The second kappa shape index (κ2) is 8.41. The number of allylic oxidation sites excluding steroid dienone is 2. The number of nitrogens with two attached hydrogens (primary N) is 1. The van der Waals surface area contributed by atoms with Crippen LogP contribution >= 0.6 is 15.9 Å². The van der Waals surface area contributed by atoms with E-state index in [1.807, 2.05) is 12.1 Å². The Morgan fingerprint density at radius 2 is 2.15 bits per heavy atom. The van der Waals surface area contributed by atoms with Crippen LogP contribution in [0.2, 0.25) is 0 Å². The fourth-order valence-corrected chi connectivity index (χ4v) is 3.03. The molecule has 7 nitrogen and oxygen atoms in total. The summed E-state index contributed by atoms with van der Waals surface area (Å²) in [6.45, 7) is 3.24. The Morgan fingerprint density at radius 1 is 1.42 bits per heavy atom. The number of rotatable bonds is 5. The van der Waals surface area contributed by atoms with Crippen LogP contribution in [-0.4, -0.2) is 19.2 Å². The average molecular weight is 418 g/mol. The lowest BCUT2D eigenvalue weighted by Gasteiger charge is -2.28. The van der Waals surface area contributed by atoms with E-state index in [1.165, 1.54) is 0 Å². The van der Waals surface area contributed by atoms with Gasteiger partial charge in [-0.25, -0.2) is 4.79 Å². The Balaban J connectivity index is 2.70. The van der Waals surface area contributed by atoms with Gasteiger partial charge in [-0.05, 0) is 32.0 Å². The lowest BCUT2D eigenvalue weighted by molar-refractivity contribution is -0.139. The van der Waals surface area contributed by atoms with E-state index in [4.69, 9.17) is 25.2 Å². The summed E-state index contributed by atoms with van der Waals surface area (Å²) >= 11 is 3.38. The van der Waals surface area contributed by atoms with Crippen LogP contribution in [0.3, 0.4) is 0 Å². The molecule has 1 aromatic rings. The van der Waals surface area contributed by atoms with Gasteiger partial charge in [-0.2, -0.15) is 10.5 Å². The molecule has 2 rings (SSSR count). The predicted octanol–water partition coefficient (Wildman–Crippen LogP) is 3.00. The van der Waals surface area contributed by atoms with Crippen LogP contribution < -0.4 is 10.5 Å². The molecule has 1 heterocycles. The molecule has 134 valence electrons. The van der Waals surface area contributed by atoms with Crippen molar-refractivity contribution in [2.45, 2.75) is 19.8 Å². The van der Waals surface area contributed by atoms with Gasteiger partial charge < -0.3 is 19.9 Å². The highest BCUT2D eigenvalue weighted by Crippen LogP contribution is 2.43. The fraction of sp³-hybridized carbons (Fsp3) is 0.278. The summed E-state index contributed by atoms with van der Waals surface area (Å²) in [6.07, 6.45) is 0. The molecule has 0 fully saturated rings. The van der Waals surface area contributed by atoms with Crippen molar-refractivity contribution in [3.05, 3.63) is 51.0 Å². The third kappa shape index (κ3) is 3.81. The van der Waals surface area contributed by atoms with E-state index in [1.54, 1.807) is 32.0 Å². The van der Waals surface area contributed by atoms with Crippen LogP contribution in [0.1, 0.15) is 25.3 Å². The second-order valence-electron chi connectivity index (χ2n) is 5.24. The molecule has 0 radical (unpaired) electrons. The van der Waals surface area contributed by atoms with Gasteiger partial charge in [0.2, 0.25) is 5.88 Å². The van der Waals surface area contributed by atoms with Crippen LogP contribution in [0.15, 0.2) is 45.5 Å². The second-order valence-corrected chi connectivity index (χ2v) is 6.16. The van der Waals surface area contributed by atoms with Crippen LogP contribution in [0.4, 0.5) is 0 Å². The Kier molecular flexibility index (Phi) is 6.26. The number of nitrogens with zero attached hydrogens (tertiary/aromatic N) is 2. The number of halogens is 1. The average Bonchev–Trinajstić information content (AvgIpc) is 2.60. The fourth-order valence-electron chi connectivity index (χ4n) is 2.65. The molecule has 8 heteroatoms. The van der Waals surface area contributed by atoms with E-state index in [2.05, 4.69) is 15.9 Å². The molecule has 0 bridgehead atoms. The normalized spacial score (nSPS) is 16.4. The van der Waals surface area contributed by atoms with Gasteiger partial charge in [-0.1, -0.05) is 15.9 Å². The van der Waals surface area contributed by atoms with E-state index in [9.17, 15) is 10.1 Å². The van der Waals surface area contributed by atoms with Gasteiger partial charge in [0.25, 0.3) is 0 Å². The zero-order chi connectivity index (χ0) is 19.3. The van der Waals surface area contributed by atoms with Crippen molar-refractivity contribution in [3.8, 4) is 17.9 Å². The standard InChI is InChI=1S/C18H16BrN3O4/c1-3-24-18(23)15-10(2)26-17(22)13(9-21)16(15)12-8-11(19)4-5-14(12)25-7-6-20/h4-5,8,16H,3,7,22H2,1-2H3. The molecule has 0 aliphatic carbocycles. The van der Waals surface area contributed by atoms with Gasteiger partial charge in [0, 0.05) is 10.0 Å². The number of nitriles is 2. The van der Waals surface area contributed by atoms with Gasteiger partial charge in [0.1, 0.15) is 29.2 Å². The van der Waals surface area contributed by atoms with E-state index >= 15 is 0 Å². The van der Waals surface area contributed by atoms with E-state index < -0.39 is 11.9 Å². The van der Waals surface area contributed by atoms with Crippen LogP contribution in [0, 0.1) is 22.7 Å². The zero-order valence-corrected chi connectivity index (χ0v) is 15.8. The first-order valence-corrected chi connectivity index (χ1v) is 8.48. The first-order chi connectivity index (χ1) is 12.4. The van der Waals surface area contributed by atoms with Crippen molar-refractivity contribution in [2.75, 3.05) is 13.2 Å². The maximum atomic E-state index is 12.5. The summed E-state index contributed by atoms with van der Waals surface area (Å²) in [5.41, 5.74) is 6.61. The van der Waals surface area contributed by atoms with Crippen LogP contribution in [0.25, 0.3) is 0 Å². The predicted molar refractivity (Wildman–Crippen MR) is 95.2 cm³/mol. The summed E-state index contributed by atoms with van der Waals surface area (Å²) in [4.78, 5) is 12.5. The van der Waals surface area contributed by atoms with E-state index in [0.717, 1.165) is 0 Å². The van der Waals surface area contributed by atoms with Crippen molar-refractivity contribution < 1.29 is 19.0 Å². The molecule has 0 spiro atoms. The number of carbonyl (C=O) groups is 1. The Hall–Kier alpha value is -2.97. The molecular weight excluding hydrogens is 402 g/mol. The maximum Gasteiger partial charge on any atom is 0.338 e. The minimum atomic E-state index is -0.834. The van der Waals surface area contributed by atoms with Gasteiger partial charge in [-0.3, -0.25) is 0 Å². The Morgan fingerprint density at radius 3 is 2.77 bits per heavy atom. The van der Waals surface area contributed by atoms with Crippen LogP contribution in [-0.2, 0) is 14.3 Å². The van der Waals surface area contributed by atoms with Crippen molar-refractivity contribution in [1.82, 2.24) is 0 Å². The molecule has 0 saturated heterocycles. The van der Waals surface area contributed by atoms with Gasteiger partial charge >= 0.3 is 5.97 Å². The third-order valence-corrected chi connectivity index (χ3v) is 4.17. The number of carbonyl (C=O) groups excluding carboxylic acids is 1. The van der Waals surface area contributed by atoms with Gasteiger partial charge in [0.15, 0.2) is 6.61 Å². The third-order valence-electron chi connectivity index (χ3n) is 3.68. The molecule has 1 aromatic carbocycles. The molecule has 1 atom stereocenters. The minimum Gasteiger partial charge on any atom is -0.478 e. The first-order valence-electron chi connectivity index (χ1n) is 7.69. The largest absolute Gasteiger partial charge is 0.478 e. The lowest BCUT2D eigenvalue weighted by Crippen LogP contribution is -2.26. The molecular formula is C18H16BrN3O4.